The Labute approximate surface area is 139 Å². The highest BCUT2D eigenvalue weighted by Gasteiger charge is 2.12. The van der Waals surface area contributed by atoms with E-state index < -0.39 is 15.8 Å². The Bertz CT molecular complexity index is 861. The molecular formula is C16H19FN2O4S. The first-order valence-electron chi connectivity index (χ1n) is 7.28. The SMILES string of the molecule is COc1cc(C)n(CCNS(=O)(=O)Cc2ccc(F)cc2)c(=O)c1. The van der Waals surface area contributed by atoms with E-state index >= 15 is 0 Å². The predicted molar refractivity (Wildman–Crippen MR) is 89.0 cm³/mol. The lowest BCUT2D eigenvalue weighted by Crippen LogP contribution is -2.32. The third-order valence-corrected chi connectivity index (χ3v) is 4.83. The largest absolute Gasteiger partial charge is 0.496 e. The molecule has 1 aromatic carbocycles. The monoisotopic (exact) mass is 354 g/mol. The van der Waals surface area contributed by atoms with Crippen LogP contribution >= 0.6 is 0 Å². The van der Waals surface area contributed by atoms with E-state index in [1.165, 1.54) is 42.0 Å². The van der Waals surface area contributed by atoms with E-state index in [4.69, 9.17) is 4.74 Å². The van der Waals surface area contributed by atoms with Crippen molar-refractivity contribution < 1.29 is 17.5 Å². The lowest BCUT2D eigenvalue weighted by molar-refractivity contribution is 0.411. The van der Waals surface area contributed by atoms with Crippen LogP contribution in [0.25, 0.3) is 0 Å². The molecule has 24 heavy (non-hydrogen) atoms. The summed E-state index contributed by atoms with van der Waals surface area (Å²) < 4.78 is 45.8. The average Bonchev–Trinajstić information content (AvgIpc) is 2.51. The first kappa shape index (κ1) is 18.2. The fraction of sp³-hybridized carbons (Fsp3) is 0.312. The maximum absolute atomic E-state index is 12.8. The summed E-state index contributed by atoms with van der Waals surface area (Å²) in [5.41, 5.74) is 0.906. The highest BCUT2D eigenvalue weighted by atomic mass is 32.2. The van der Waals surface area contributed by atoms with Gasteiger partial charge >= 0.3 is 0 Å². The highest BCUT2D eigenvalue weighted by Crippen LogP contribution is 2.09. The van der Waals surface area contributed by atoms with Gasteiger partial charge in [0.05, 0.1) is 12.9 Å². The maximum Gasteiger partial charge on any atom is 0.254 e. The van der Waals surface area contributed by atoms with Crippen LogP contribution < -0.4 is 15.0 Å². The molecule has 8 heteroatoms. The quantitative estimate of drug-likeness (QED) is 0.816. The van der Waals surface area contributed by atoms with Crippen LogP contribution in [-0.2, 0) is 22.3 Å². The van der Waals surface area contributed by atoms with Crippen molar-refractivity contribution in [2.75, 3.05) is 13.7 Å². The molecule has 1 N–H and O–H groups in total. The Balaban J connectivity index is 1.98. The number of aromatic nitrogens is 1. The minimum Gasteiger partial charge on any atom is -0.496 e. The van der Waals surface area contributed by atoms with Gasteiger partial charge in [-0.1, -0.05) is 12.1 Å². The Morgan fingerprint density at radius 3 is 2.46 bits per heavy atom. The third kappa shape index (κ3) is 4.90. The second-order valence-corrected chi connectivity index (χ2v) is 7.11. The average molecular weight is 354 g/mol. The molecule has 0 radical (unpaired) electrons. The molecule has 2 aromatic rings. The minimum absolute atomic E-state index is 0.0800. The zero-order valence-corrected chi connectivity index (χ0v) is 14.3. The summed E-state index contributed by atoms with van der Waals surface area (Å²) in [5.74, 6) is -0.201. The molecule has 1 aromatic heterocycles. The molecule has 1 heterocycles. The van der Waals surface area contributed by atoms with Gasteiger partial charge in [-0.25, -0.2) is 17.5 Å². The number of pyridine rings is 1. The molecule has 6 nitrogen and oxygen atoms in total. The molecule has 0 aliphatic rings. The van der Waals surface area contributed by atoms with Crippen LogP contribution in [0.5, 0.6) is 5.75 Å². The van der Waals surface area contributed by atoms with Crippen molar-refractivity contribution in [1.29, 1.82) is 0 Å². The number of aryl methyl sites for hydroxylation is 1. The van der Waals surface area contributed by atoms with E-state index in [0.29, 0.717) is 17.0 Å². The number of sulfonamides is 1. The van der Waals surface area contributed by atoms with E-state index in [2.05, 4.69) is 4.72 Å². The molecule has 130 valence electrons. The second-order valence-electron chi connectivity index (χ2n) is 5.31. The van der Waals surface area contributed by atoms with E-state index in [1.807, 2.05) is 0 Å². The van der Waals surface area contributed by atoms with Crippen molar-refractivity contribution in [3.05, 3.63) is 63.8 Å². The first-order chi connectivity index (χ1) is 11.3. The molecule has 0 atom stereocenters. The Morgan fingerprint density at radius 2 is 1.88 bits per heavy atom. The molecule has 0 saturated heterocycles. The van der Waals surface area contributed by atoms with Gasteiger partial charge in [-0.2, -0.15) is 0 Å². The fourth-order valence-corrected chi connectivity index (χ4v) is 3.40. The molecule has 0 aliphatic heterocycles. The summed E-state index contributed by atoms with van der Waals surface area (Å²) in [6.07, 6.45) is 0. The van der Waals surface area contributed by atoms with Gasteiger partial charge in [-0.05, 0) is 30.7 Å². The van der Waals surface area contributed by atoms with Gasteiger partial charge in [0, 0.05) is 24.8 Å². The van der Waals surface area contributed by atoms with E-state index in [-0.39, 0.29) is 24.4 Å². The maximum atomic E-state index is 12.8. The first-order valence-corrected chi connectivity index (χ1v) is 8.93. The van der Waals surface area contributed by atoms with Crippen molar-refractivity contribution >= 4 is 10.0 Å². The summed E-state index contributed by atoms with van der Waals surface area (Å²) in [6, 6.07) is 8.32. The Hall–Kier alpha value is -2.19. The lowest BCUT2D eigenvalue weighted by Gasteiger charge is -2.12. The van der Waals surface area contributed by atoms with Crippen molar-refractivity contribution in [2.24, 2.45) is 0 Å². The van der Waals surface area contributed by atoms with Gasteiger partial charge in [0.1, 0.15) is 11.6 Å². The van der Waals surface area contributed by atoms with Crippen molar-refractivity contribution in [2.45, 2.75) is 19.2 Å². The molecule has 0 bridgehead atoms. The van der Waals surface area contributed by atoms with Gasteiger partial charge < -0.3 is 9.30 Å². The van der Waals surface area contributed by atoms with Gasteiger partial charge in [-0.15, -0.1) is 0 Å². The number of nitrogens with one attached hydrogen (secondary N) is 1. The number of methoxy groups -OCH3 is 1. The van der Waals surface area contributed by atoms with Crippen LogP contribution in [0.1, 0.15) is 11.3 Å². The number of hydrogen-bond acceptors (Lipinski definition) is 4. The molecule has 2 rings (SSSR count). The summed E-state index contributed by atoms with van der Waals surface area (Å²) in [5, 5.41) is 0. The van der Waals surface area contributed by atoms with Crippen LogP contribution in [0, 0.1) is 12.7 Å². The molecule has 0 fully saturated rings. The van der Waals surface area contributed by atoms with Gasteiger partial charge in [-0.3, -0.25) is 4.79 Å². The van der Waals surface area contributed by atoms with Crippen molar-refractivity contribution in [3.8, 4) is 5.75 Å². The molecule has 0 aliphatic carbocycles. The van der Waals surface area contributed by atoms with E-state index in [9.17, 15) is 17.6 Å². The fourth-order valence-electron chi connectivity index (χ4n) is 2.27. The number of nitrogens with zero attached hydrogens (tertiary/aromatic N) is 1. The smallest absolute Gasteiger partial charge is 0.254 e. The highest BCUT2D eigenvalue weighted by molar-refractivity contribution is 7.88. The normalized spacial score (nSPS) is 11.5. The molecule has 0 unspecified atom stereocenters. The number of rotatable bonds is 7. The van der Waals surface area contributed by atoms with Gasteiger partial charge in [0.2, 0.25) is 10.0 Å². The topological polar surface area (TPSA) is 77.4 Å². The van der Waals surface area contributed by atoms with Gasteiger partial charge in [0.15, 0.2) is 0 Å². The number of hydrogen-bond donors (Lipinski definition) is 1. The summed E-state index contributed by atoms with van der Waals surface area (Å²) in [6.45, 7) is 2.03. The zero-order chi connectivity index (χ0) is 17.7. The number of ether oxygens (including phenoxy) is 1. The third-order valence-electron chi connectivity index (χ3n) is 3.47. The van der Waals surface area contributed by atoms with Gasteiger partial charge in [0.25, 0.3) is 5.56 Å². The second kappa shape index (κ2) is 7.59. The summed E-state index contributed by atoms with van der Waals surface area (Å²) >= 11 is 0. The zero-order valence-electron chi connectivity index (χ0n) is 13.5. The number of benzene rings is 1. The van der Waals surface area contributed by atoms with Crippen LogP contribution in [0.3, 0.4) is 0 Å². The van der Waals surface area contributed by atoms with Crippen LogP contribution in [0.4, 0.5) is 4.39 Å². The molecule has 0 saturated carbocycles. The predicted octanol–water partition coefficient (Wildman–Crippen LogP) is 1.42. The lowest BCUT2D eigenvalue weighted by atomic mass is 10.2. The van der Waals surface area contributed by atoms with Crippen LogP contribution in [0.15, 0.2) is 41.2 Å². The molecule has 0 spiro atoms. The Kier molecular flexibility index (Phi) is 5.74. The molecule has 0 amide bonds. The van der Waals surface area contributed by atoms with Crippen molar-refractivity contribution in [3.63, 3.8) is 0 Å². The van der Waals surface area contributed by atoms with E-state index in [0.717, 1.165) is 0 Å². The van der Waals surface area contributed by atoms with Crippen LogP contribution in [0.2, 0.25) is 0 Å². The molecular weight excluding hydrogens is 335 g/mol. The summed E-state index contributed by atoms with van der Waals surface area (Å²) in [7, 11) is -2.09. The van der Waals surface area contributed by atoms with E-state index in [1.54, 1.807) is 13.0 Å². The van der Waals surface area contributed by atoms with Crippen molar-refractivity contribution in [1.82, 2.24) is 9.29 Å². The van der Waals surface area contributed by atoms with Crippen LogP contribution in [-0.4, -0.2) is 26.6 Å². The minimum atomic E-state index is -3.57. The number of halogens is 1. The summed E-state index contributed by atoms with van der Waals surface area (Å²) in [4.78, 5) is 12.0. The Morgan fingerprint density at radius 1 is 1.21 bits per heavy atom. The standard InChI is InChI=1S/C16H19FN2O4S/c1-12-9-15(23-2)10-16(20)19(12)8-7-18-24(21,22)11-13-3-5-14(17)6-4-13/h3-6,9-10,18H,7-8,11H2,1-2H3.